The first kappa shape index (κ1) is 29.2. The summed E-state index contributed by atoms with van der Waals surface area (Å²) in [6, 6.07) is 18.4. The number of benzene rings is 3. The first-order valence-electron chi connectivity index (χ1n) is 13.9. The number of hydrogen-bond donors (Lipinski definition) is 0. The maximum atomic E-state index is 14.1. The van der Waals surface area contributed by atoms with Gasteiger partial charge in [0.05, 0.1) is 17.2 Å². The predicted octanol–water partition coefficient (Wildman–Crippen LogP) is 8.18. The fourth-order valence-corrected chi connectivity index (χ4v) is 6.32. The van der Waals surface area contributed by atoms with E-state index in [0.29, 0.717) is 40.3 Å². The Morgan fingerprint density at radius 2 is 1.73 bits per heavy atom. The third kappa shape index (κ3) is 6.96. The van der Waals surface area contributed by atoms with Crippen LogP contribution in [-0.4, -0.2) is 42.2 Å². The predicted molar refractivity (Wildman–Crippen MR) is 169 cm³/mol. The molecular formula is C32H33BrFN3O3S. The van der Waals surface area contributed by atoms with Crippen LogP contribution < -0.4 is 14.4 Å². The molecule has 0 N–H and O–H groups in total. The zero-order valence-electron chi connectivity index (χ0n) is 23.2. The van der Waals surface area contributed by atoms with Gasteiger partial charge in [0.1, 0.15) is 12.4 Å². The Morgan fingerprint density at radius 1 is 1.00 bits per heavy atom. The summed E-state index contributed by atoms with van der Waals surface area (Å²) in [6.45, 7) is 7.03. The Kier molecular flexibility index (Phi) is 9.67. The van der Waals surface area contributed by atoms with Gasteiger partial charge in [0.25, 0.3) is 5.91 Å². The number of amidine groups is 1. The number of carbonyl (C=O) groups excluding carboxylic acids is 1. The van der Waals surface area contributed by atoms with E-state index < -0.39 is 0 Å². The van der Waals surface area contributed by atoms with Gasteiger partial charge in [-0.15, -0.1) is 0 Å². The highest BCUT2D eigenvalue weighted by atomic mass is 79.9. The second kappa shape index (κ2) is 13.6. The summed E-state index contributed by atoms with van der Waals surface area (Å²) >= 11 is 4.98. The average Bonchev–Trinajstić information content (AvgIpc) is 3.28. The van der Waals surface area contributed by atoms with Crippen molar-refractivity contribution in [3.05, 3.63) is 87.0 Å². The summed E-state index contributed by atoms with van der Waals surface area (Å²) in [7, 11) is 0. The topological polar surface area (TPSA) is 54.4 Å². The number of carbonyl (C=O) groups is 1. The molecule has 0 aliphatic carbocycles. The first-order chi connectivity index (χ1) is 20.0. The summed E-state index contributed by atoms with van der Waals surface area (Å²) < 4.78 is 26.6. The molecule has 2 saturated heterocycles. The third-order valence-corrected chi connectivity index (χ3v) is 8.68. The number of aliphatic imine (C=N–C) groups is 1. The van der Waals surface area contributed by atoms with E-state index >= 15 is 0 Å². The summed E-state index contributed by atoms with van der Waals surface area (Å²) in [5, 5.41) is 0.653. The molecule has 0 spiro atoms. The Balaban J connectivity index is 1.36. The van der Waals surface area contributed by atoms with E-state index in [4.69, 9.17) is 14.5 Å². The molecule has 2 aliphatic rings. The number of thioether (sulfide) groups is 1. The third-order valence-electron chi connectivity index (χ3n) is 6.99. The Bertz CT molecular complexity index is 1460. The van der Waals surface area contributed by atoms with Crippen molar-refractivity contribution in [2.24, 2.45) is 4.99 Å². The van der Waals surface area contributed by atoms with Gasteiger partial charge in [-0.3, -0.25) is 9.69 Å². The number of hydrogen-bond acceptors (Lipinski definition) is 6. The largest absolute Gasteiger partial charge is 0.490 e. The van der Waals surface area contributed by atoms with Crippen molar-refractivity contribution >= 4 is 56.2 Å². The molecule has 214 valence electrons. The van der Waals surface area contributed by atoms with Crippen molar-refractivity contribution in [3.8, 4) is 11.5 Å². The van der Waals surface area contributed by atoms with Gasteiger partial charge in [0, 0.05) is 35.4 Å². The molecule has 9 heteroatoms. The zero-order valence-corrected chi connectivity index (χ0v) is 25.6. The molecule has 0 radical (unpaired) electrons. The second-order valence-electron chi connectivity index (χ2n) is 9.75. The van der Waals surface area contributed by atoms with Gasteiger partial charge in [-0.2, -0.15) is 0 Å². The quantitative estimate of drug-likeness (QED) is 0.221. The summed E-state index contributed by atoms with van der Waals surface area (Å²) in [6.07, 6.45) is 5.60. The van der Waals surface area contributed by atoms with E-state index in [1.165, 1.54) is 42.8 Å². The Hall–Kier alpha value is -3.30. The Labute approximate surface area is 253 Å². The monoisotopic (exact) mass is 637 g/mol. The fourth-order valence-electron chi connectivity index (χ4n) is 4.83. The molecule has 0 saturated carbocycles. The van der Waals surface area contributed by atoms with Crippen LogP contribution in [0.4, 0.5) is 15.8 Å². The van der Waals surface area contributed by atoms with Crippen LogP contribution in [0.5, 0.6) is 11.5 Å². The molecule has 3 aromatic carbocycles. The number of amides is 1. The lowest BCUT2D eigenvalue weighted by atomic mass is 10.1. The Morgan fingerprint density at radius 3 is 2.44 bits per heavy atom. The van der Waals surface area contributed by atoms with Crippen LogP contribution >= 0.6 is 27.7 Å². The summed E-state index contributed by atoms with van der Waals surface area (Å²) in [4.78, 5) is 22.8. The van der Waals surface area contributed by atoms with Crippen LogP contribution in [0, 0.1) is 5.82 Å². The van der Waals surface area contributed by atoms with Gasteiger partial charge in [0.2, 0.25) is 0 Å². The van der Waals surface area contributed by atoms with Crippen LogP contribution in [0.15, 0.2) is 75.0 Å². The molecular weight excluding hydrogens is 605 g/mol. The SMILES string of the molecule is CCOc1cc(/C=C2\SC(=Nc3ccc(N4CCCCC4)cc3)N(CC)C2=O)c(Br)cc1OCc1ccccc1F. The van der Waals surface area contributed by atoms with E-state index in [2.05, 4.69) is 33.0 Å². The molecule has 1 amide bonds. The lowest BCUT2D eigenvalue weighted by Crippen LogP contribution is -2.29. The van der Waals surface area contributed by atoms with Gasteiger partial charge in [-0.1, -0.05) is 34.1 Å². The zero-order chi connectivity index (χ0) is 28.8. The average molecular weight is 639 g/mol. The minimum absolute atomic E-state index is 0.0677. The number of halogens is 2. The highest BCUT2D eigenvalue weighted by Gasteiger charge is 2.32. The highest BCUT2D eigenvalue weighted by molar-refractivity contribution is 9.10. The molecule has 0 bridgehead atoms. The standard InChI is InChI=1S/C32H33BrFN3O3S/c1-3-37-31(38)30(41-32(37)35-24-12-14-25(15-13-24)36-16-8-5-9-17-36)19-23-18-28(39-4-2)29(20-26(23)33)40-21-22-10-6-7-11-27(22)34/h6-7,10-15,18-20H,3-5,8-9,16-17,21H2,1-2H3/b30-19-,35-32?. The molecule has 2 aliphatic heterocycles. The highest BCUT2D eigenvalue weighted by Crippen LogP contribution is 2.39. The summed E-state index contributed by atoms with van der Waals surface area (Å²) in [5.41, 5.74) is 3.26. The van der Waals surface area contributed by atoms with E-state index in [9.17, 15) is 9.18 Å². The van der Waals surface area contributed by atoms with E-state index in [1.54, 1.807) is 29.2 Å². The van der Waals surface area contributed by atoms with Gasteiger partial charge < -0.3 is 14.4 Å². The normalized spacial score (nSPS) is 17.5. The fraction of sp³-hybridized carbons (Fsp3) is 0.312. The van der Waals surface area contributed by atoms with Crippen molar-refractivity contribution in [1.82, 2.24) is 4.90 Å². The molecule has 6 nitrogen and oxygen atoms in total. The smallest absolute Gasteiger partial charge is 0.266 e. The molecule has 5 rings (SSSR count). The van der Waals surface area contributed by atoms with E-state index in [0.717, 1.165) is 28.8 Å². The maximum Gasteiger partial charge on any atom is 0.266 e. The van der Waals surface area contributed by atoms with Gasteiger partial charge >= 0.3 is 0 Å². The second-order valence-corrected chi connectivity index (χ2v) is 11.6. The molecule has 2 heterocycles. The van der Waals surface area contributed by atoms with Crippen LogP contribution in [0.2, 0.25) is 0 Å². The van der Waals surface area contributed by atoms with Crippen molar-refractivity contribution in [2.45, 2.75) is 39.7 Å². The van der Waals surface area contributed by atoms with Crippen molar-refractivity contribution in [2.75, 3.05) is 31.1 Å². The number of anilines is 1. The molecule has 41 heavy (non-hydrogen) atoms. The van der Waals surface area contributed by atoms with Gasteiger partial charge in [-0.05, 0) is 99.0 Å². The van der Waals surface area contributed by atoms with Crippen LogP contribution in [0.3, 0.4) is 0 Å². The lowest BCUT2D eigenvalue weighted by Gasteiger charge is -2.28. The van der Waals surface area contributed by atoms with Crippen LogP contribution in [-0.2, 0) is 11.4 Å². The lowest BCUT2D eigenvalue weighted by molar-refractivity contribution is -0.122. The van der Waals surface area contributed by atoms with Crippen molar-refractivity contribution < 1.29 is 18.7 Å². The minimum atomic E-state index is -0.321. The molecule has 0 atom stereocenters. The van der Waals surface area contributed by atoms with E-state index in [-0.39, 0.29) is 18.3 Å². The number of likely N-dealkylation sites (N-methyl/N-ethyl adjacent to an activating group) is 1. The van der Waals surface area contributed by atoms with Gasteiger partial charge in [0.15, 0.2) is 16.7 Å². The number of piperidine rings is 1. The van der Waals surface area contributed by atoms with E-state index in [1.807, 2.05) is 38.1 Å². The van der Waals surface area contributed by atoms with Crippen molar-refractivity contribution in [3.63, 3.8) is 0 Å². The van der Waals surface area contributed by atoms with Crippen LogP contribution in [0.1, 0.15) is 44.2 Å². The minimum Gasteiger partial charge on any atom is -0.490 e. The molecule has 0 unspecified atom stereocenters. The summed E-state index contributed by atoms with van der Waals surface area (Å²) in [5.74, 6) is 0.591. The van der Waals surface area contributed by atoms with Crippen molar-refractivity contribution in [1.29, 1.82) is 0 Å². The molecule has 3 aromatic rings. The van der Waals surface area contributed by atoms with Gasteiger partial charge in [-0.25, -0.2) is 9.38 Å². The number of rotatable bonds is 9. The first-order valence-corrected chi connectivity index (χ1v) is 15.6. The maximum absolute atomic E-state index is 14.1. The molecule has 0 aromatic heterocycles. The van der Waals surface area contributed by atoms with Crippen LogP contribution in [0.25, 0.3) is 6.08 Å². The number of nitrogens with zero attached hydrogens (tertiary/aromatic N) is 3. The molecule has 2 fully saturated rings. The number of ether oxygens (including phenoxy) is 2.